The quantitative estimate of drug-likeness (QED) is 0.663. The molecule has 0 aliphatic carbocycles. The number of carbonyl (C=O) groups excluding carboxylic acids is 3. The summed E-state index contributed by atoms with van der Waals surface area (Å²) in [5.74, 6) is -2.51. The summed E-state index contributed by atoms with van der Waals surface area (Å²) in [6.45, 7) is 1.18. The third-order valence-corrected chi connectivity index (χ3v) is 3.39. The first-order valence-corrected chi connectivity index (χ1v) is 8.59. The van der Waals surface area contributed by atoms with E-state index in [1.807, 2.05) is 6.92 Å². The third kappa shape index (κ3) is 6.71. The summed E-state index contributed by atoms with van der Waals surface area (Å²) in [6, 6.07) is 11.7. The first-order chi connectivity index (χ1) is 13.5. The number of para-hydroxylation sites is 1. The fourth-order valence-corrected chi connectivity index (χ4v) is 2.05. The molecule has 2 aromatic carbocycles. The van der Waals surface area contributed by atoms with Crippen LogP contribution in [0.1, 0.15) is 23.7 Å². The average molecular weight is 389 g/mol. The molecule has 2 aromatic rings. The normalized spacial score (nSPS) is 10.1. The van der Waals surface area contributed by atoms with E-state index in [0.29, 0.717) is 17.9 Å². The first kappa shape index (κ1) is 20.9. The van der Waals surface area contributed by atoms with Crippen LogP contribution in [0.4, 0.5) is 10.1 Å². The molecule has 28 heavy (non-hydrogen) atoms. The van der Waals surface area contributed by atoms with Gasteiger partial charge < -0.3 is 19.5 Å². The van der Waals surface area contributed by atoms with Gasteiger partial charge in [-0.2, -0.15) is 0 Å². The smallest absolute Gasteiger partial charge is 0.344 e. The summed E-state index contributed by atoms with van der Waals surface area (Å²) in [6.07, 6.45) is 0.726. The molecule has 8 heteroatoms. The SMILES string of the molecule is CCCOC(=O)c1ccc(NC(=O)COC(=O)COc2ccccc2F)cc1. The van der Waals surface area contributed by atoms with E-state index < -0.39 is 36.9 Å². The van der Waals surface area contributed by atoms with Crippen molar-refractivity contribution in [2.24, 2.45) is 0 Å². The molecule has 0 atom stereocenters. The minimum absolute atomic E-state index is 0.0820. The van der Waals surface area contributed by atoms with E-state index in [1.54, 1.807) is 6.07 Å². The van der Waals surface area contributed by atoms with Crippen LogP contribution in [0.5, 0.6) is 5.75 Å². The minimum atomic E-state index is -0.813. The molecule has 0 unspecified atom stereocenters. The lowest BCUT2D eigenvalue weighted by molar-refractivity contribution is -0.149. The number of nitrogens with one attached hydrogen (secondary N) is 1. The zero-order chi connectivity index (χ0) is 20.4. The predicted octanol–water partition coefficient (Wildman–Crippen LogP) is 2.95. The van der Waals surface area contributed by atoms with Crippen LogP contribution in [0.3, 0.4) is 0 Å². The van der Waals surface area contributed by atoms with Crippen molar-refractivity contribution in [2.45, 2.75) is 13.3 Å². The lowest BCUT2D eigenvalue weighted by Crippen LogP contribution is -2.23. The van der Waals surface area contributed by atoms with Gasteiger partial charge in [0.2, 0.25) is 0 Å². The molecule has 0 radical (unpaired) electrons. The summed E-state index contributed by atoms with van der Waals surface area (Å²) in [4.78, 5) is 35.1. The number of halogens is 1. The van der Waals surface area contributed by atoms with Crippen molar-refractivity contribution in [3.8, 4) is 5.75 Å². The fraction of sp³-hybridized carbons (Fsp3) is 0.250. The molecule has 0 spiro atoms. The molecule has 0 saturated carbocycles. The number of anilines is 1. The highest BCUT2D eigenvalue weighted by Crippen LogP contribution is 2.15. The van der Waals surface area contributed by atoms with Crippen molar-refractivity contribution < 1.29 is 33.0 Å². The van der Waals surface area contributed by atoms with E-state index in [1.165, 1.54) is 42.5 Å². The van der Waals surface area contributed by atoms with Gasteiger partial charge in [0.15, 0.2) is 24.8 Å². The second-order valence-corrected chi connectivity index (χ2v) is 5.64. The van der Waals surface area contributed by atoms with Gasteiger partial charge in [-0.25, -0.2) is 14.0 Å². The second-order valence-electron chi connectivity index (χ2n) is 5.64. The Morgan fingerprint density at radius 3 is 2.36 bits per heavy atom. The monoisotopic (exact) mass is 389 g/mol. The Bertz CT molecular complexity index is 822. The van der Waals surface area contributed by atoms with Gasteiger partial charge in [-0.15, -0.1) is 0 Å². The van der Waals surface area contributed by atoms with Crippen molar-refractivity contribution in [1.29, 1.82) is 0 Å². The molecule has 0 aromatic heterocycles. The summed E-state index contributed by atoms with van der Waals surface area (Å²) >= 11 is 0. The molecular formula is C20H20FNO6. The molecule has 0 saturated heterocycles. The molecule has 0 heterocycles. The maximum absolute atomic E-state index is 13.4. The third-order valence-electron chi connectivity index (χ3n) is 3.39. The van der Waals surface area contributed by atoms with Crippen molar-refractivity contribution in [3.05, 3.63) is 59.9 Å². The highest BCUT2D eigenvalue weighted by molar-refractivity contribution is 5.94. The van der Waals surface area contributed by atoms with E-state index in [-0.39, 0.29) is 5.75 Å². The number of hydrogen-bond donors (Lipinski definition) is 1. The van der Waals surface area contributed by atoms with E-state index in [9.17, 15) is 18.8 Å². The molecule has 148 valence electrons. The van der Waals surface area contributed by atoms with Crippen molar-refractivity contribution in [3.63, 3.8) is 0 Å². The molecule has 7 nitrogen and oxygen atoms in total. The largest absolute Gasteiger partial charge is 0.479 e. The molecule has 2 rings (SSSR count). The van der Waals surface area contributed by atoms with Crippen LogP contribution in [0.25, 0.3) is 0 Å². The van der Waals surface area contributed by atoms with E-state index in [2.05, 4.69) is 5.32 Å². The van der Waals surface area contributed by atoms with Crippen LogP contribution in [-0.2, 0) is 19.1 Å². The Morgan fingerprint density at radius 1 is 0.964 bits per heavy atom. The highest BCUT2D eigenvalue weighted by atomic mass is 19.1. The van der Waals surface area contributed by atoms with Gasteiger partial charge in [-0.05, 0) is 42.8 Å². The van der Waals surface area contributed by atoms with Gasteiger partial charge in [0, 0.05) is 5.69 Å². The van der Waals surface area contributed by atoms with Crippen LogP contribution in [0.2, 0.25) is 0 Å². The summed E-state index contributed by atoms with van der Waals surface area (Å²) in [5.41, 5.74) is 0.791. The Morgan fingerprint density at radius 2 is 1.68 bits per heavy atom. The van der Waals surface area contributed by atoms with E-state index in [0.717, 1.165) is 6.42 Å². The van der Waals surface area contributed by atoms with Crippen LogP contribution in [0.15, 0.2) is 48.5 Å². The van der Waals surface area contributed by atoms with Crippen LogP contribution in [0, 0.1) is 5.82 Å². The molecule has 0 bridgehead atoms. The number of esters is 2. The Labute approximate surface area is 161 Å². The van der Waals surface area contributed by atoms with Crippen LogP contribution < -0.4 is 10.1 Å². The molecule has 1 amide bonds. The van der Waals surface area contributed by atoms with Crippen molar-refractivity contribution >= 4 is 23.5 Å². The van der Waals surface area contributed by atoms with Crippen molar-refractivity contribution in [1.82, 2.24) is 0 Å². The van der Waals surface area contributed by atoms with Crippen molar-refractivity contribution in [2.75, 3.05) is 25.1 Å². The maximum Gasteiger partial charge on any atom is 0.344 e. The van der Waals surface area contributed by atoms with Gasteiger partial charge in [-0.1, -0.05) is 19.1 Å². The zero-order valence-electron chi connectivity index (χ0n) is 15.3. The average Bonchev–Trinajstić information content (AvgIpc) is 2.70. The zero-order valence-corrected chi connectivity index (χ0v) is 15.3. The lowest BCUT2D eigenvalue weighted by Gasteiger charge is -2.09. The Hall–Kier alpha value is -3.42. The van der Waals surface area contributed by atoms with E-state index in [4.69, 9.17) is 14.2 Å². The standard InChI is InChI=1S/C20H20FNO6/c1-2-11-26-20(25)14-7-9-15(10-8-14)22-18(23)12-28-19(24)13-27-17-6-4-3-5-16(17)21/h3-10H,2,11-13H2,1H3,(H,22,23). The van der Waals surface area contributed by atoms with Gasteiger partial charge in [-0.3, -0.25) is 4.79 Å². The molecule has 1 N–H and O–H groups in total. The molecule has 0 aliphatic heterocycles. The Kier molecular flexibility index (Phi) is 7.95. The summed E-state index contributed by atoms with van der Waals surface area (Å²) in [5, 5.41) is 2.52. The minimum Gasteiger partial charge on any atom is -0.479 e. The lowest BCUT2D eigenvalue weighted by atomic mass is 10.2. The highest BCUT2D eigenvalue weighted by Gasteiger charge is 2.11. The molecular weight excluding hydrogens is 369 g/mol. The topological polar surface area (TPSA) is 90.9 Å². The van der Waals surface area contributed by atoms with Crippen LogP contribution in [-0.4, -0.2) is 37.7 Å². The summed E-state index contributed by atoms with van der Waals surface area (Å²) in [7, 11) is 0. The molecule has 0 fully saturated rings. The number of rotatable bonds is 9. The number of ether oxygens (including phenoxy) is 3. The number of benzene rings is 2. The maximum atomic E-state index is 13.4. The second kappa shape index (κ2) is 10.7. The first-order valence-electron chi connectivity index (χ1n) is 8.59. The van der Waals surface area contributed by atoms with Gasteiger partial charge in [0.25, 0.3) is 5.91 Å². The van der Waals surface area contributed by atoms with E-state index >= 15 is 0 Å². The fourth-order valence-electron chi connectivity index (χ4n) is 2.05. The number of hydrogen-bond acceptors (Lipinski definition) is 6. The number of amides is 1. The number of carbonyl (C=O) groups is 3. The summed E-state index contributed by atoms with van der Waals surface area (Å²) < 4.78 is 28.1. The molecule has 0 aliphatic rings. The van der Waals surface area contributed by atoms with Gasteiger partial charge in [0.05, 0.1) is 12.2 Å². The van der Waals surface area contributed by atoms with Gasteiger partial charge in [0.1, 0.15) is 0 Å². The van der Waals surface area contributed by atoms with Gasteiger partial charge >= 0.3 is 11.9 Å². The Balaban J connectivity index is 1.73. The predicted molar refractivity (Wildman–Crippen MR) is 98.5 cm³/mol. The van der Waals surface area contributed by atoms with Crippen LogP contribution >= 0.6 is 0 Å².